The van der Waals surface area contributed by atoms with E-state index in [1.54, 1.807) is 6.92 Å². The predicted molar refractivity (Wildman–Crippen MR) is 82.4 cm³/mol. The number of benzene rings is 1. The highest BCUT2D eigenvalue weighted by molar-refractivity contribution is 9.10. The van der Waals surface area contributed by atoms with Gasteiger partial charge in [-0.3, -0.25) is 0 Å². The fourth-order valence-corrected chi connectivity index (χ4v) is 3.89. The van der Waals surface area contributed by atoms with Crippen LogP contribution < -0.4 is 10.5 Å². The Morgan fingerprint density at radius 3 is 2.65 bits per heavy atom. The summed E-state index contributed by atoms with van der Waals surface area (Å²) in [5, 5.41) is 0. The minimum absolute atomic E-state index is 0.0384. The lowest BCUT2D eigenvalue weighted by atomic mass is 10.1. The van der Waals surface area contributed by atoms with Gasteiger partial charge in [0.25, 0.3) is 0 Å². The molecule has 1 unspecified atom stereocenters. The summed E-state index contributed by atoms with van der Waals surface area (Å²) in [6.07, 6.45) is 3.77. The molecule has 0 saturated heterocycles. The Labute approximate surface area is 128 Å². The molecule has 20 heavy (non-hydrogen) atoms. The van der Waals surface area contributed by atoms with Crippen LogP contribution in [0.3, 0.4) is 0 Å². The average molecular weight is 367 g/mol. The van der Waals surface area contributed by atoms with E-state index in [9.17, 15) is 12.8 Å². The molecular formula is C13H20BrFN2O2S. The molecule has 0 aromatic heterocycles. The number of nitrogens with two attached hydrogens (primary N) is 1. The Bertz CT molecular complexity index is 564. The molecule has 0 bridgehead atoms. The van der Waals surface area contributed by atoms with Gasteiger partial charge in [0.2, 0.25) is 10.0 Å². The molecule has 1 rings (SSSR count). The molecule has 0 aliphatic heterocycles. The first kappa shape index (κ1) is 17.4. The maximum atomic E-state index is 13.9. The highest BCUT2D eigenvalue weighted by Crippen LogP contribution is 2.26. The fraction of sp³-hybridized carbons (Fsp3) is 0.538. The molecule has 1 aromatic carbocycles. The largest absolute Gasteiger partial charge is 0.399 e. The van der Waals surface area contributed by atoms with Gasteiger partial charge < -0.3 is 5.73 Å². The predicted octanol–water partition coefficient (Wildman–Crippen LogP) is 3.42. The molecule has 3 N–H and O–H groups in total. The second-order valence-electron chi connectivity index (χ2n) is 4.83. The van der Waals surface area contributed by atoms with Crippen molar-refractivity contribution in [2.24, 2.45) is 0 Å². The van der Waals surface area contributed by atoms with Crippen molar-refractivity contribution in [1.29, 1.82) is 0 Å². The summed E-state index contributed by atoms with van der Waals surface area (Å²) >= 11 is 2.96. The van der Waals surface area contributed by atoms with Gasteiger partial charge in [-0.25, -0.2) is 17.5 Å². The van der Waals surface area contributed by atoms with Gasteiger partial charge in [-0.2, -0.15) is 0 Å². The monoisotopic (exact) mass is 366 g/mol. The van der Waals surface area contributed by atoms with Crippen LogP contribution in [0, 0.1) is 5.82 Å². The summed E-state index contributed by atoms with van der Waals surface area (Å²) in [6, 6.07) is 2.21. The lowest BCUT2D eigenvalue weighted by Gasteiger charge is -2.15. The number of anilines is 1. The third-order valence-electron chi connectivity index (χ3n) is 2.90. The Morgan fingerprint density at radius 2 is 2.05 bits per heavy atom. The summed E-state index contributed by atoms with van der Waals surface area (Å²) in [5.74, 6) is -0.826. The zero-order valence-electron chi connectivity index (χ0n) is 11.6. The quantitative estimate of drug-likeness (QED) is 0.573. The number of hydrogen-bond donors (Lipinski definition) is 2. The van der Waals surface area contributed by atoms with Gasteiger partial charge in [-0.15, -0.1) is 0 Å². The van der Waals surface area contributed by atoms with Crippen molar-refractivity contribution in [2.75, 3.05) is 5.73 Å². The summed E-state index contributed by atoms with van der Waals surface area (Å²) in [7, 11) is -3.91. The second kappa shape index (κ2) is 7.38. The highest BCUT2D eigenvalue weighted by atomic mass is 79.9. The number of sulfonamides is 1. The van der Waals surface area contributed by atoms with Crippen molar-refractivity contribution >= 4 is 31.6 Å². The maximum absolute atomic E-state index is 13.9. The molecule has 0 aliphatic rings. The van der Waals surface area contributed by atoms with Gasteiger partial charge in [-0.1, -0.05) is 26.2 Å². The Balaban J connectivity index is 2.89. The van der Waals surface area contributed by atoms with E-state index in [-0.39, 0.29) is 16.2 Å². The number of unbranched alkanes of at least 4 members (excludes halogenated alkanes) is 2. The third-order valence-corrected chi connectivity index (χ3v) is 5.07. The van der Waals surface area contributed by atoms with E-state index < -0.39 is 20.7 Å². The van der Waals surface area contributed by atoms with Gasteiger partial charge in [0, 0.05) is 11.7 Å². The molecule has 0 aliphatic carbocycles. The maximum Gasteiger partial charge on any atom is 0.243 e. The van der Waals surface area contributed by atoms with E-state index >= 15 is 0 Å². The van der Waals surface area contributed by atoms with Gasteiger partial charge in [-0.05, 0) is 41.4 Å². The lowest BCUT2D eigenvalue weighted by molar-refractivity contribution is 0.518. The van der Waals surface area contributed by atoms with Crippen LogP contribution >= 0.6 is 15.9 Å². The van der Waals surface area contributed by atoms with Crippen molar-refractivity contribution in [3.05, 3.63) is 22.4 Å². The minimum Gasteiger partial charge on any atom is -0.399 e. The molecule has 0 amide bonds. The van der Waals surface area contributed by atoms with Crippen molar-refractivity contribution in [2.45, 2.75) is 50.5 Å². The molecular weight excluding hydrogens is 347 g/mol. The number of nitrogen functional groups attached to an aromatic ring is 1. The summed E-state index contributed by atoms with van der Waals surface area (Å²) in [6.45, 7) is 3.85. The molecule has 4 nitrogen and oxygen atoms in total. The summed E-state index contributed by atoms with van der Waals surface area (Å²) < 4.78 is 40.8. The van der Waals surface area contributed by atoms with Gasteiger partial charge in [0.1, 0.15) is 4.90 Å². The van der Waals surface area contributed by atoms with Crippen LogP contribution in [0.5, 0.6) is 0 Å². The number of halogens is 2. The molecule has 0 fully saturated rings. The Kier molecular flexibility index (Phi) is 6.42. The molecule has 7 heteroatoms. The number of rotatable bonds is 7. The van der Waals surface area contributed by atoms with Crippen molar-refractivity contribution in [3.8, 4) is 0 Å². The molecule has 0 heterocycles. The van der Waals surface area contributed by atoms with Crippen LogP contribution in [0.25, 0.3) is 0 Å². The number of hydrogen-bond acceptors (Lipinski definition) is 3. The van der Waals surface area contributed by atoms with E-state index in [1.165, 1.54) is 6.07 Å². The fourth-order valence-electron chi connectivity index (χ4n) is 1.87. The molecule has 114 valence electrons. The van der Waals surface area contributed by atoms with Crippen LogP contribution in [0.15, 0.2) is 21.5 Å². The van der Waals surface area contributed by atoms with Crippen molar-refractivity contribution < 1.29 is 12.8 Å². The van der Waals surface area contributed by atoms with Crippen LogP contribution in [0.4, 0.5) is 10.1 Å². The Morgan fingerprint density at radius 1 is 1.40 bits per heavy atom. The first-order valence-electron chi connectivity index (χ1n) is 6.54. The van der Waals surface area contributed by atoms with E-state index in [0.717, 1.165) is 31.7 Å². The zero-order valence-corrected chi connectivity index (χ0v) is 14.0. The topological polar surface area (TPSA) is 72.2 Å². The van der Waals surface area contributed by atoms with Gasteiger partial charge in [0.05, 0.1) is 4.47 Å². The third kappa shape index (κ3) is 4.71. The summed E-state index contributed by atoms with van der Waals surface area (Å²) in [5.41, 5.74) is 5.76. The molecule has 0 saturated carbocycles. The minimum atomic E-state index is -3.91. The van der Waals surface area contributed by atoms with Crippen LogP contribution in [0.2, 0.25) is 0 Å². The average Bonchev–Trinajstić information content (AvgIpc) is 2.33. The van der Waals surface area contributed by atoms with Crippen LogP contribution in [0.1, 0.15) is 39.5 Å². The van der Waals surface area contributed by atoms with Crippen molar-refractivity contribution in [1.82, 2.24) is 4.72 Å². The highest BCUT2D eigenvalue weighted by Gasteiger charge is 2.23. The first-order chi connectivity index (χ1) is 9.27. The summed E-state index contributed by atoms with van der Waals surface area (Å²) in [4.78, 5) is -0.424. The van der Waals surface area contributed by atoms with Gasteiger partial charge in [0.15, 0.2) is 5.82 Å². The molecule has 0 spiro atoms. The molecule has 0 radical (unpaired) electrons. The zero-order chi connectivity index (χ0) is 15.3. The second-order valence-corrected chi connectivity index (χ2v) is 7.37. The van der Waals surface area contributed by atoms with Crippen LogP contribution in [-0.4, -0.2) is 14.5 Å². The van der Waals surface area contributed by atoms with Crippen LogP contribution in [-0.2, 0) is 10.0 Å². The number of nitrogens with one attached hydrogen (secondary N) is 1. The van der Waals surface area contributed by atoms with E-state index in [4.69, 9.17) is 5.73 Å². The van der Waals surface area contributed by atoms with E-state index in [2.05, 4.69) is 27.6 Å². The molecule has 1 aromatic rings. The molecule has 1 atom stereocenters. The van der Waals surface area contributed by atoms with Gasteiger partial charge >= 0.3 is 0 Å². The normalized spacial score (nSPS) is 13.4. The lowest BCUT2D eigenvalue weighted by Crippen LogP contribution is -2.33. The first-order valence-corrected chi connectivity index (χ1v) is 8.82. The smallest absolute Gasteiger partial charge is 0.243 e. The van der Waals surface area contributed by atoms with E-state index in [1.807, 2.05) is 0 Å². The SMILES string of the molecule is CCCCCC(C)NS(=O)(=O)c1cc(N)cc(Br)c1F. The Hall–Kier alpha value is -0.660. The van der Waals surface area contributed by atoms with Crippen molar-refractivity contribution in [3.63, 3.8) is 0 Å². The van der Waals surface area contributed by atoms with E-state index in [0.29, 0.717) is 0 Å². The standard InChI is InChI=1S/C13H20BrFN2O2S/c1-3-4-5-6-9(2)17-20(18,19)12-8-10(16)7-11(14)13(12)15/h7-9,17H,3-6,16H2,1-2H3.